The lowest BCUT2D eigenvalue weighted by atomic mass is 10.1. The Kier molecular flexibility index (Phi) is 5.85. The summed E-state index contributed by atoms with van der Waals surface area (Å²) in [5.74, 6) is 1.48. The van der Waals surface area contributed by atoms with Crippen molar-refractivity contribution in [3.8, 4) is 0 Å². The van der Waals surface area contributed by atoms with Crippen molar-refractivity contribution in [2.75, 3.05) is 30.3 Å². The van der Waals surface area contributed by atoms with Crippen LogP contribution in [0.15, 0.2) is 12.3 Å². The second kappa shape index (κ2) is 7.16. The first-order valence-corrected chi connectivity index (χ1v) is 6.52. The summed E-state index contributed by atoms with van der Waals surface area (Å²) < 4.78 is 5.62. The van der Waals surface area contributed by atoms with Gasteiger partial charge >= 0.3 is 0 Å². The Bertz CT molecular complexity index is 355. The van der Waals surface area contributed by atoms with Crippen LogP contribution >= 0.6 is 0 Å². The molecule has 0 aliphatic heterocycles. The molecule has 0 unspecified atom stereocenters. The van der Waals surface area contributed by atoms with E-state index in [1.807, 2.05) is 13.0 Å². The molecule has 0 bridgehead atoms. The number of nitrogens with one attached hydrogen (secondary N) is 2. The lowest BCUT2D eigenvalue weighted by Crippen LogP contribution is -2.33. The van der Waals surface area contributed by atoms with Crippen molar-refractivity contribution in [2.24, 2.45) is 0 Å². The molecule has 0 amide bonds. The van der Waals surface area contributed by atoms with Gasteiger partial charge in [0.05, 0.1) is 5.60 Å². The van der Waals surface area contributed by atoms with Gasteiger partial charge in [-0.2, -0.15) is 4.98 Å². The van der Waals surface area contributed by atoms with Crippen molar-refractivity contribution >= 4 is 11.8 Å². The monoisotopic (exact) mass is 252 g/mol. The van der Waals surface area contributed by atoms with E-state index in [2.05, 4.69) is 41.4 Å². The van der Waals surface area contributed by atoms with Gasteiger partial charge < -0.3 is 15.4 Å². The SMILES string of the molecule is CCCNc1nccc(NCC(C)(C)OCC)n1. The van der Waals surface area contributed by atoms with Gasteiger partial charge in [-0.1, -0.05) is 6.92 Å². The van der Waals surface area contributed by atoms with Gasteiger partial charge in [-0.05, 0) is 33.3 Å². The van der Waals surface area contributed by atoms with E-state index in [4.69, 9.17) is 4.74 Å². The van der Waals surface area contributed by atoms with E-state index in [-0.39, 0.29) is 5.60 Å². The Labute approximate surface area is 109 Å². The normalized spacial score (nSPS) is 11.3. The highest BCUT2D eigenvalue weighted by Crippen LogP contribution is 2.11. The topological polar surface area (TPSA) is 59.1 Å². The molecule has 1 aromatic rings. The van der Waals surface area contributed by atoms with Crippen molar-refractivity contribution in [1.29, 1.82) is 0 Å². The van der Waals surface area contributed by atoms with Crippen molar-refractivity contribution < 1.29 is 4.74 Å². The summed E-state index contributed by atoms with van der Waals surface area (Å²) in [7, 11) is 0. The first kappa shape index (κ1) is 14.7. The van der Waals surface area contributed by atoms with Crippen LogP contribution in [0.1, 0.15) is 34.1 Å². The summed E-state index contributed by atoms with van der Waals surface area (Å²) in [6.45, 7) is 10.5. The molecule has 102 valence electrons. The van der Waals surface area contributed by atoms with E-state index in [1.54, 1.807) is 6.20 Å². The van der Waals surface area contributed by atoms with Crippen LogP contribution < -0.4 is 10.6 Å². The van der Waals surface area contributed by atoms with Crippen LogP contribution in [0.2, 0.25) is 0 Å². The van der Waals surface area contributed by atoms with E-state index in [0.29, 0.717) is 19.1 Å². The third kappa shape index (κ3) is 5.31. The Hall–Kier alpha value is -1.36. The molecule has 0 fully saturated rings. The second-order valence-electron chi connectivity index (χ2n) is 4.74. The van der Waals surface area contributed by atoms with Crippen LogP contribution in [-0.2, 0) is 4.74 Å². The molecule has 0 spiro atoms. The summed E-state index contributed by atoms with van der Waals surface area (Å²) in [6.07, 6.45) is 2.80. The van der Waals surface area contributed by atoms with Gasteiger partial charge in [0.15, 0.2) is 0 Å². The van der Waals surface area contributed by atoms with Crippen LogP contribution in [0.5, 0.6) is 0 Å². The standard InChI is InChI=1S/C13H24N4O/c1-5-8-14-12-15-9-7-11(17-12)16-10-13(3,4)18-6-2/h7,9H,5-6,8,10H2,1-4H3,(H2,14,15,16,17). The van der Waals surface area contributed by atoms with Gasteiger partial charge in [0, 0.05) is 25.9 Å². The molecule has 0 aliphatic rings. The Balaban J connectivity index is 2.51. The molecule has 0 aromatic carbocycles. The van der Waals surface area contributed by atoms with Gasteiger partial charge in [-0.15, -0.1) is 0 Å². The van der Waals surface area contributed by atoms with Gasteiger partial charge in [-0.25, -0.2) is 4.98 Å². The summed E-state index contributed by atoms with van der Waals surface area (Å²) in [4.78, 5) is 8.55. The zero-order valence-electron chi connectivity index (χ0n) is 11.8. The number of aromatic nitrogens is 2. The summed E-state index contributed by atoms with van der Waals surface area (Å²) in [5, 5.41) is 6.43. The summed E-state index contributed by atoms with van der Waals surface area (Å²) >= 11 is 0. The van der Waals surface area contributed by atoms with Gasteiger partial charge in [0.2, 0.25) is 5.95 Å². The predicted octanol–water partition coefficient (Wildman–Crippen LogP) is 2.53. The largest absolute Gasteiger partial charge is 0.374 e. The second-order valence-corrected chi connectivity index (χ2v) is 4.74. The molecule has 0 radical (unpaired) electrons. The van der Waals surface area contributed by atoms with Gasteiger partial charge in [0.25, 0.3) is 0 Å². The number of ether oxygens (including phenoxy) is 1. The van der Waals surface area contributed by atoms with E-state index in [9.17, 15) is 0 Å². The van der Waals surface area contributed by atoms with Gasteiger partial charge in [0.1, 0.15) is 5.82 Å². The van der Waals surface area contributed by atoms with Crippen molar-refractivity contribution in [2.45, 2.75) is 39.7 Å². The quantitative estimate of drug-likeness (QED) is 0.744. The molecule has 1 aromatic heterocycles. The molecule has 0 saturated carbocycles. The minimum Gasteiger partial charge on any atom is -0.374 e. The molecule has 2 N–H and O–H groups in total. The molecule has 18 heavy (non-hydrogen) atoms. The summed E-state index contributed by atoms with van der Waals surface area (Å²) in [5.41, 5.74) is -0.198. The lowest BCUT2D eigenvalue weighted by molar-refractivity contribution is 0.000642. The van der Waals surface area contributed by atoms with Crippen molar-refractivity contribution in [3.05, 3.63) is 12.3 Å². The molecular weight excluding hydrogens is 228 g/mol. The maximum absolute atomic E-state index is 5.62. The average Bonchev–Trinajstić information content (AvgIpc) is 2.35. The molecule has 1 heterocycles. The van der Waals surface area contributed by atoms with Gasteiger partial charge in [-0.3, -0.25) is 0 Å². The molecule has 5 heteroatoms. The molecular formula is C13H24N4O. The first-order valence-electron chi connectivity index (χ1n) is 6.52. The third-order valence-electron chi connectivity index (χ3n) is 2.42. The Morgan fingerprint density at radius 1 is 1.28 bits per heavy atom. The van der Waals surface area contributed by atoms with E-state index < -0.39 is 0 Å². The molecule has 0 saturated heterocycles. The highest BCUT2D eigenvalue weighted by molar-refractivity contribution is 5.39. The number of hydrogen-bond acceptors (Lipinski definition) is 5. The van der Waals surface area contributed by atoms with Crippen molar-refractivity contribution in [3.63, 3.8) is 0 Å². The number of anilines is 2. The fourth-order valence-corrected chi connectivity index (χ4v) is 1.52. The molecule has 5 nitrogen and oxygen atoms in total. The third-order valence-corrected chi connectivity index (χ3v) is 2.42. The lowest BCUT2D eigenvalue weighted by Gasteiger charge is -2.25. The van der Waals surface area contributed by atoms with E-state index in [1.165, 1.54) is 0 Å². The van der Waals surface area contributed by atoms with Crippen LogP contribution in [0.25, 0.3) is 0 Å². The first-order chi connectivity index (χ1) is 8.57. The molecule has 0 aliphatic carbocycles. The number of hydrogen-bond donors (Lipinski definition) is 2. The fourth-order valence-electron chi connectivity index (χ4n) is 1.52. The highest BCUT2D eigenvalue weighted by Gasteiger charge is 2.17. The predicted molar refractivity (Wildman–Crippen MR) is 75.0 cm³/mol. The number of nitrogens with zero attached hydrogens (tertiary/aromatic N) is 2. The molecule has 0 atom stereocenters. The van der Waals surface area contributed by atoms with Crippen LogP contribution in [0.3, 0.4) is 0 Å². The van der Waals surface area contributed by atoms with Crippen LogP contribution in [0.4, 0.5) is 11.8 Å². The minimum absolute atomic E-state index is 0.198. The summed E-state index contributed by atoms with van der Waals surface area (Å²) in [6, 6.07) is 1.86. The average molecular weight is 252 g/mol. The van der Waals surface area contributed by atoms with Crippen LogP contribution in [-0.4, -0.2) is 35.3 Å². The number of rotatable bonds is 8. The maximum Gasteiger partial charge on any atom is 0.224 e. The minimum atomic E-state index is -0.198. The highest BCUT2D eigenvalue weighted by atomic mass is 16.5. The molecule has 1 rings (SSSR count). The Morgan fingerprint density at radius 2 is 2.06 bits per heavy atom. The van der Waals surface area contributed by atoms with E-state index >= 15 is 0 Å². The van der Waals surface area contributed by atoms with E-state index in [0.717, 1.165) is 18.8 Å². The zero-order chi connectivity index (χ0) is 13.4. The van der Waals surface area contributed by atoms with Crippen LogP contribution in [0, 0.1) is 0 Å². The fraction of sp³-hybridized carbons (Fsp3) is 0.692. The van der Waals surface area contributed by atoms with Crippen molar-refractivity contribution in [1.82, 2.24) is 9.97 Å². The Morgan fingerprint density at radius 3 is 2.72 bits per heavy atom. The smallest absolute Gasteiger partial charge is 0.224 e. The zero-order valence-corrected chi connectivity index (χ0v) is 11.8. The maximum atomic E-state index is 5.62.